The number of benzene rings is 4. The van der Waals surface area contributed by atoms with E-state index in [1.54, 1.807) is 60.7 Å². The highest BCUT2D eigenvalue weighted by molar-refractivity contribution is 8.00. The maximum absolute atomic E-state index is 13.6. The Bertz CT molecular complexity index is 1940. The number of nitrogens with one attached hydrogen (secondary N) is 3. The summed E-state index contributed by atoms with van der Waals surface area (Å²) in [4.78, 5) is 45.3. The number of anilines is 2. The molecule has 0 spiro atoms. The van der Waals surface area contributed by atoms with E-state index in [0.717, 1.165) is 20.7 Å². The summed E-state index contributed by atoms with van der Waals surface area (Å²) in [6, 6.07) is 36.4. The van der Waals surface area contributed by atoms with Gasteiger partial charge in [0, 0.05) is 22.2 Å². The molecule has 6 aromatic rings. The predicted molar refractivity (Wildman–Crippen MR) is 179 cm³/mol. The van der Waals surface area contributed by atoms with E-state index >= 15 is 0 Å². The monoisotopic (exact) mass is 630 g/mol. The van der Waals surface area contributed by atoms with Crippen molar-refractivity contribution in [1.82, 2.24) is 10.3 Å². The summed E-state index contributed by atoms with van der Waals surface area (Å²) in [6.45, 7) is 0. The van der Waals surface area contributed by atoms with Gasteiger partial charge in [-0.25, -0.2) is 4.98 Å². The molecule has 1 unspecified atom stereocenters. The van der Waals surface area contributed by atoms with Crippen LogP contribution in [0.15, 0.2) is 143 Å². The van der Waals surface area contributed by atoms with Crippen LogP contribution in [0.3, 0.4) is 0 Å². The van der Waals surface area contributed by atoms with Gasteiger partial charge >= 0.3 is 0 Å². The summed E-state index contributed by atoms with van der Waals surface area (Å²) in [7, 11) is 0. The van der Waals surface area contributed by atoms with E-state index in [1.165, 1.54) is 35.4 Å². The first-order valence-corrected chi connectivity index (χ1v) is 15.6. The number of amides is 3. The molecule has 3 N–H and O–H groups in total. The fraction of sp³-hybridized carbons (Fsp3) is 0.0286. The smallest absolute Gasteiger partial charge is 0.272 e. The number of rotatable bonds is 10. The number of furan rings is 1. The fourth-order valence-corrected chi connectivity index (χ4v) is 6.39. The third-order valence-corrected chi connectivity index (χ3v) is 8.77. The van der Waals surface area contributed by atoms with Crippen molar-refractivity contribution in [2.24, 2.45) is 0 Å². The van der Waals surface area contributed by atoms with Crippen molar-refractivity contribution >= 4 is 67.9 Å². The quantitative estimate of drug-likeness (QED) is 0.105. The van der Waals surface area contributed by atoms with E-state index in [4.69, 9.17) is 4.42 Å². The van der Waals surface area contributed by atoms with Gasteiger partial charge in [0.15, 0.2) is 5.13 Å². The van der Waals surface area contributed by atoms with E-state index in [9.17, 15) is 14.4 Å². The Morgan fingerprint density at radius 1 is 0.800 bits per heavy atom. The molecule has 2 aromatic heterocycles. The number of fused-ring (bicyclic) bond motifs is 1. The van der Waals surface area contributed by atoms with Crippen molar-refractivity contribution in [1.29, 1.82) is 0 Å². The molecule has 45 heavy (non-hydrogen) atoms. The van der Waals surface area contributed by atoms with E-state index in [0.29, 0.717) is 22.1 Å². The second kappa shape index (κ2) is 13.9. The summed E-state index contributed by atoms with van der Waals surface area (Å²) in [5.74, 6) is -0.779. The average molecular weight is 631 g/mol. The number of carbonyl (C=O) groups is 3. The molecule has 8 nitrogen and oxygen atoms in total. The average Bonchev–Trinajstić information content (AvgIpc) is 3.74. The lowest BCUT2D eigenvalue weighted by Gasteiger charge is -2.17. The number of aromatic nitrogens is 1. The molecule has 0 aliphatic rings. The van der Waals surface area contributed by atoms with Crippen LogP contribution in [-0.4, -0.2) is 22.7 Å². The van der Waals surface area contributed by atoms with Gasteiger partial charge in [0.2, 0.25) is 5.91 Å². The molecule has 6 rings (SSSR count). The minimum absolute atomic E-state index is 0.00855. The first-order chi connectivity index (χ1) is 22.0. The van der Waals surface area contributed by atoms with Crippen LogP contribution in [0.1, 0.15) is 26.9 Å². The molecular weight excluding hydrogens is 605 g/mol. The number of carbonyl (C=O) groups excluding carboxylic acids is 3. The van der Waals surface area contributed by atoms with Crippen molar-refractivity contribution in [2.45, 2.75) is 10.1 Å². The standard InChI is InChI=1S/C35H26N4O4S2/c40-32(24-13-5-2-6-14-24)37-29(22-26-16-10-20-43-26)33(41)36-25-15-9-17-27(21-25)44-31(23-11-3-1-4-12-23)34(42)39-35-38-28-18-7-8-19-30(28)45-35/h1-22,31H,(H,36,41)(H,37,40)(H,38,39,42)/b29-22-. The number of para-hydroxylation sites is 1. The van der Waals surface area contributed by atoms with Gasteiger partial charge in [-0.3, -0.25) is 14.4 Å². The van der Waals surface area contributed by atoms with Gasteiger partial charge in [-0.15, -0.1) is 11.8 Å². The van der Waals surface area contributed by atoms with Crippen molar-refractivity contribution in [2.75, 3.05) is 10.6 Å². The SMILES string of the molecule is O=C(Nc1cccc(SC(C(=O)Nc2nc3ccccc3s2)c2ccccc2)c1)/C(=C/c1ccco1)NC(=O)c1ccccc1. The lowest BCUT2D eigenvalue weighted by atomic mass is 10.1. The van der Waals surface area contributed by atoms with E-state index in [1.807, 2.05) is 60.7 Å². The number of nitrogens with zero attached hydrogens (tertiary/aromatic N) is 1. The van der Waals surface area contributed by atoms with Crippen LogP contribution in [0.2, 0.25) is 0 Å². The summed E-state index contributed by atoms with van der Waals surface area (Å²) >= 11 is 2.77. The van der Waals surface area contributed by atoms with Gasteiger partial charge in [-0.1, -0.05) is 78.1 Å². The molecule has 0 aliphatic carbocycles. The lowest BCUT2D eigenvalue weighted by Crippen LogP contribution is -2.30. The molecule has 10 heteroatoms. The summed E-state index contributed by atoms with van der Waals surface area (Å²) in [6.07, 6.45) is 2.95. The molecule has 0 saturated heterocycles. The molecule has 4 aromatic carbocycles. The van der Waals surface area contributed by atoms with E-state index in [2.05, 4.69) is 20.9 Å². The van der Waals surface area contributed by atoms with Crippen LogP contribution in [0.4, 0.5) is 10.8 Å². The Labute approximate surface area is 267 Å². The van der Waals surface area contributed by atoms with Gasteiger partial charge in [0.05, 0.1) is 16.5 Å². The maximum atomic E-state index is 13.6. The highest BCUT2D eigenvalue weighted by atomic mass is 32.2. The molecule has 1 atom stereocenters. The molecule has 0 radical (unpaired) electrons. The third kappa shape index (κ3) is 7.56. The second-order valence-electron chi connectivity index (χ2n) is 9.76. The zero-order valence-corrected chi connectivity index (χ0v) is 25.3. The van der Waals surface area contributed by atoms with Crippen molar-refractivity contribution < 1.29 is 18.8 Å². The Hall–Kier alpha value is -5.45. The Balaban J connectivity index is 1.21. The zero-order chi connectivity index (χ0) is 31.0. The highest BCUT2D eigenvalue weighted by Gasteiger charge is 2.24. The van der Waals surface area contributed by atoms with Gasteiger partial charge in [0.25, 0.3) is 11.8 Å². The predicted octanol–water partition coefficient (Wildman–Crippen LogP) is 7.77. The van der Waals surface area contributed by atoms with Crippen LogP contribution in [-0.2, 0) is 9.59 Å². The highest BCUT2D eigenvalue weighted by Crippen LogP contribution is 2.38. The van der Waals surface area contributed by atoms with Crippen molar-refractivity contribution in [3.8, 4) is 0 Å². The minimum atomic E-state index is -0.594. The molecule has 0 bridgehead atoms. The number of thioether (sulfide) groups is 1. The number of thiazole rings is 1. The molecule has 0 fully saturated rings. The summed E-state index contributed by atoms with van der Waals surface area (Å²) in [5.41, 5.74) is 2.55. The summed E-state index contributed by atoms with van der Waals surface area (Å²) in [5, 5.41) is 8.47. The number of hydrogen-bond donors (Lipinski definition) is 3. The van der Waals surface area contributed by atoms with Crippen LogP contribution >= 0.6 is 23.1 Å². The Kier molecular flexibility index (Phi) is 9.14. The molecule has 2 heterocycles. The van der Waals surface area contributed by atoms with E-state index < -0.39 is 17.1 Å². The molecule has 222 valence electrons. The Morgan fingerprint density at radius 3 is 2.31 bits per heavy atom. The van der Waals surface area contributed by atoms with Crippen molar-refractivity contribution in [3.05, 3.63) is 150 Å². The Morgan fingerprint density at radius 2 is 1.56 bits per heavy atom. The van der Waals surface area contributed by atoms with Crippen molar-refractivity contribution in [3.63, 3.8) is 0 Å². The normalized spacial score (nSPS) is 12.0. The van der Waals surface area contributed by atoms with E-state index in [-0.39, 0.29) is 11.6 Å². The maximum Gasteiger partial charge on any atom is 0.272 e. The second-order valence-corrected chi connectivity index (χ2v) is 12.0. The van der Waals surface area contributed by atoms with Crippen LogP contribution < -0.4 is 16.0 Å². The molecule has 0 saturated carbocycles. The van der Waals surface area contributed by atoms with Crippen LogP contribution in [0.25, 0.3) is 16.3 Å². The molecular formula is C35H26N4O4S2. The van der Waals surface area contributed by atoms with Gasteiger partial charge in [-0.2, -0.15) is 0 Å². The van der Waals surface area contributed by atoms with Crippen LogP contribution in [0, 0.1) is 0 Å². The minimum Gasteiger partial charge on any atom is -0.465 e. The van der Waals surface area contributed by atoms with Crippen LogP contribution in [0.5, 0.6) is 0 Å². The lowest BCUT2D eigenvalue weighted by molar-refractivity contribution is -0.116. The van der Waals surface area contributed by atoms with Gasteiger partial charge in [0.1, 0.15) is 16.7 Å². The van der Waals surface area contributed by atoms with Gasteiger partial charge in [-0.05, 0) is 60.2 Å². The fourth-order valence-electron chi connectivity index (χ4n) is 4.44. The third-order valence-electron chi connectivity index (χ3n) is 6.57. The molecule has 3 amide bonds. The first kappa shape index (κ1) is 29.6. The topological polar surface area (TPSA) is 113 Å². The summed E-state index contributed by atoms with van der Waals surface area (Å²) < 4.78 is 6.37. The largest absolute Gasteiger partial charge is 0.465 e. The first-order valence-electron chi connectivity index (χ1n) is 13.9. The zero-order valence-electron chi connectivity index (χ0n) is 23.7. The number of hydrogen-bond acceptors (Lipinski definition) is 7. The molecule has 0 aliphatic heterocycles. The van der Waals surface area contributed by atoms with Gasteiger partial charge < -0.3 is 20.4 Å².